The Hall–Kier alpha value is -1.59. The maximum Gasteiger partial charge on any atom is 0.333 e. The summed E-state index contributed by atoms with van der Waals surface area (Å²) in [5.41, 5.74) is 0.649. The van der Waals surface area contributed by atoms with Crippen LogP contribution in [0.2, 0.25) is 0 Å². The van der Waals surface area contributed by atoms with Gasteiger partial charge in [-0.05, 0) is 50.4 Å². The van der Waals surface area contributed by atoms with Crippen molar-refractivity contribution >= 4 is 11.5 Å². The lowest BCUT2D eigenvalue weighted by atomic mass is 9.89. The zero-order valence-corrected chi connectivity index (χ0v) is 12.8. The summed E-state index contributed by atoms with van der Waals surface area (Å²) in [6, 6.07) is 0. The van der Waals surface area contributed by atoms with Crippen LogP contribution in [0.3, 0.4) is 0 Å². The second-order valence-corrected chi connectivity index (χ2v) is 6.58. The van der Waals surface area contributed by atoms with Gasteiger partial charge in [0.1, 0.15) is 5.69 Å². The van der Waals surface area contributed by atoms with Crippen LogP contribution in [0.1, 0.15) is 44.7 Å². The van der Waals surface area contributed by atoms with Crippen molar-refractivity contribution in [1.29, 1.82) is 0 Å². The van der Waals surface area contributed by atoms with Crippen molar-refractivity contribution in [2.45, 2.75) is 52.5 Å². The minimum absolute atomic E-state index is 0.145. The third-order valence-electron chi connectivity index (χ3n) is 5.13. The van der Waals surface area contributed by atoms with E-state index in [4.69, 9.17) is 0 Å². The predicted octanol–water partition coefficient (Wildman–Crippen LogP) is 3.36. The average Bonchev–Trinajstić information content (AvgIpc) is 3.10. The number of hydrogen-bond donors (Lipinski definition) is 1. The van der Waals surface area contributed by atoms with Crippen molar-refractivity contribution in [2.24, 2.45) is 17.8 Å². The van der Waals surface area contributed by atoms with Crippen LogP contribution >= 0.6 is 0 Å². The van der Waals surface area contributed by atoms with Crippen LogP contribution in [0.15, 0.2) is 0 Å². The van der Waals surface area contributed by atoms with Crippen molar-refractivity contribution < 1.29 is 4.92 Å². The van der Waals surface area contributed by atoms with Gasteiger partial charge in [-0.25, -0.2) is 4.68 Å². The Morgan fingerprint density at radius 3 is 2.81 bits per heavy atom. The number of rotatable bonds is 6. The Bertz CT molecular complexity index is 540. The summed E-state index contributed by atoms with van der Waals surface area (Å²) in [4.78, 5) is 11.0. The Morgan fingerprint density at radius 1 is 1.43 bits per heavy atom. The quantitative estimate of drug-likeness (QED) is 0.644. The number of anilines is 1. The van der Waals surface area contributed by atoms with Crippen molar-refractivity contribution in [3.8, 4) is 0 Å². The minimum Gasteiger partial charge on any atom is -0.364 e. The molecule has 0 saturated heterocycles. The highest BCUT2D eigenvalue weighted by Crippen LogP contribution is 2.48. The maximum atomic E-state index is 11.3. The van der Waals surface area contributed by atoms with E-state index in [1.807, 2.05) is 0 Å². The third-order valence-corrected chi connectivity index (χ3v) is 5.13. The molecule has 0 radical (unpaired) electrons. The van der Waals surface area contributed by atoms with Crippen molar-refractivity contribution in [3.63, 3.8) is 0 Å². The van der Waals surface area contributed by atoms with Crippen LogP contribution in [0.4, 0.5) is 11.5 Å². The first-order valence-corrected chi connectivity index (χ1v) is 8.05. The molecule has 2 saturated carbocycles. The van der Waals surface area contributed by atoms with E-state index >= 15 is 0 Å². The molecule has 0 aromatic carbocycles. The summed E-state index contributed by atoms with van der Waals surface area (Å²) in [5.74, 6) is 3.00. The van der Waals surface area contributed by atoms with Gasteiger partial charge in [0, 0.05) is 13.1 Å². The number of nitro groups is 1. The molecule has 0 aliphatic heterocycles. The summed E-state index contributed by atoms with van der Waals surface area (Å²) in [6.45, 7) is 5.33. The smallest absolute Gasteiger partial charge is 0.333 e. The van der Waals surface area contributed by atoms with E-state index in [1.54, 1.807) is 11.6 Å². The molecule has 2 aliphatic carbocycles. The number of fused-ring (bicyclic) bond motifs is 2. The summed E-state index contributed by atoms with van der Waals surface area (Å²) >= 11 is 0. The van der Waals surface area contributed by atoms with Crippen molar-refractivity contribution in [3.05, 3.63) is 15.8 Å². The normalized spacial score (nSPS) is 27.2. The van der Waals surface area contributed by atoms with Gasteiger partial charge in [0.2, 0.25) is 5.82 Å². The maximum absolute atomic E-state index is 11.3. The molecule has 21 heavy (non-hydrogen) atoms. The molecule has 0 amide bonds. The van der Waals surface area contributed by atoms with Gasteiger partial charge in [-0.2, -0.15) is 5.10 Å². The van der Waals surface area contributed by atoms with Crippen LogP contribution < -0.4 is 5.32 Å². The van der Waals surface area contributed by atoms with Crippen molar-refractivity contribution in [2.75, 3.05) is 11.9 Å². The number of hydrogen-bond acceptors (Lipinski definition) is 4. The summed E-state index contributed by atoms with van der Waals surface area (Å²) in [7, 11) is 0. The summed E-state index contributed by atoms with van der Waals surface area (Å²) < 4.78 is 1.76. The van der Waals surface area contributed by atoms with E-state index in [9.17, 15) is 10.1 Å². The molecule has 116 valence electrons. The van der Waals surface area contributed by atoms with Crippen LogP contribution in [-0.2, 0) is 6.54 Å². The van der Waals surface area contributed by atoms with E-state index in [2.05, 4.69) is 17.3 Å². The average molecular weight is 292 g/mol. The van der Waals surface area contributed by atoms with Gasteiger partial charge in [0.25, 0.3) is 0 Å². The fraction of sp³-hybridized carbons (Fsp3) is 0.800. The molecule has 3 unspecified atom stereocenters. The Labute approximate surface area is 125 Å². The molecule has 1 aromatic rings. The molecule has 2 aliphatic rings. The standard InChI is InChI=1S/C15H24N4O2/c1-3-6-18-15(14(19(20)21)10(2)17-18)16-9-13-8-11-4-5-12(13)7-11/h11-13,16H,3-9H2,1-2H3. The van der Waals surface area contributed by atoms with Gasteiger partial charge in [0.15, 0.2) is 0 Å². The molecular weight excluding hydrogens is 268 g/mol. The van der Waals surface area contributed by atoms with Crippen LogP contribution in [0.25, 0.3) is 0 Å². The largest absolute Gasteiger partial charge is 0.364 e. The van der Waals surface area contributed by atoms with E-state index in [1.165, 1.54) is 25.7 Å². The number of aryl methyl sites for hydroxylation is 2. The lowest BCUT2D eigenvalue weighted by Crippen LogP contribution is -2.22. The summed E-state index contributed by atoms with van der Waals surface area (Å²) in [6.07, 6.45) is 6.29. The van der Waals surface area contributed by atoms with Gasteiger partial charge >= 0.3 is 5.69 Å². The summed E-state index contributed by atoms with van der Waals surface area (Å²) in [5, 5.41) is 19.0. The molecule has 2 fully saturated rings. The molecule has 1 N–H and O–H groups in total. The van der Waals surface area contributed by atoms with Gasteiger partial charge in [-0.1, -0.05) is 13.3 Å². The molecule has 0 spiro atoms. The molecule has 1 heterocycles. The monoisotopic (exact) mass is 292 g/mol. The molecule has 3 rings (SSSR count). The zero-order chi connectivity index (χ0) is 15.0. The molecule has 2 bridgehead atoms. The molecular formula is C15H24N4O2. The van der Waals surface area contributed by atoms with E-state index in [0.717, 1.165) is 24.8 Å². The van der Waals surface area contributed by atoms with Crippen LogP contribution in [0, 0.1) is 34.8 Å². The van der Waals surface area contributed by atoms with Crippen molar-refractivity contribution in [1.82, 2.24) is 9.78 Å². The topological polar surface area (TPSA) is 73.0 Å². The Balaban J connectivity index is 1.75. The first-order valence-electron chi connectivity index (χ1n) is 8.05. The predicted molar refractivity (Wildman–Crippen MR) is 81.3 cm³/mol. The van der Waals surface area contributed by atoms with Gasteiger partial charge in [-0.3, -0.25) is 10.1 Å². The number of nitrogens with zero attached hydrogens (tertiary/aromatic N) is 3. The minimum atomic E-state index is -0.308. The van der Waals surface area contributed by atoms with E-state index in [-0.39, 0.29) is 10.6 Å². The molecule has 3 atom stereocenters. The lowest BCUT2D eigenvalue weighted by Gasteiger charge is -2.22. The highest BCUT2D eigenvalue weighted by Gasteiger charge is 2.39. The third kappa shape index (κ3) is 2.63. The zero-order valence-electron chi connectivity index (χ0n) is 12.8. The SMILES string of the molecule is CCCn1nc(C)c([N+](=O)[O-])c1NCC1CC2CCC1C2. The van der Waals surface area contributed by atoms with Crippen LogP contribution in [-0.4, -0.2) is 21.2 Å². The number of aromatic nitrogens is 2. The fourth-order valence-electron chi connectivity index (χ4n) is 4.19. The van der Waals surface area contributed by atoms with Crippen LogP contribution in [0.5, 0.6) is 0 Å². The molecule has 1 aromatic heterocycles. The van der Waals surface area contributed by atoms with Gasteiger partial charge in [-0.15, -0.1) is 0 Å². The number of nitrogens with one attached hydrogen (secondary N) is 1. The molecule has 6 heteroatoms. The highest BCUT2D eigenvalue weighted by atomic mass is 16.6. The fourth-order valence-corrected chi connectivity index (χ4v) is 4.19. The Kier molecular flexibility index (Phi) is 3.87. The Morgan fingerprint density at radius 2 is 2.24 bits per heavy atom. The van der Waals surface area contributed by atoms with E-state index < -0.39 is 0 Å². The highest BCUT2D eigenvalue weighted by molar-refractivity contribution is 5.59. The second kappa shape index (κ2) is 5.66. The molecule has 6 nitrogen and oxygen atoms in total. The van der Waals surface area contributed by atoms with Gasteiger partial charge < -0.3 is 5.32 Å². The van der Waals surface area contributed by atoms with Gasteiger partial charge in [0.05, 0.1) is 4.92 Å². The first-order chi connectivity index (χ1) is 10.1. The van der Waals surface area contributed by atoms with E-state index in [0.29, 0.717) is 24.0 Å². The second-order valence-electron chi connectivity index (χ2n) is 6.58. The lowest BCUT2D eigenvalue weighted by molar-refractivity contribution is -0.384. The first kappa shape index (κ1) is 14.4.